The van der Waals surface area contributed by atoms with Crippen molar-refractivity contribution in [2.45, 2.75) is 11.8 Å². The molecule has 7 nitrogen and oxygen atoms in total. The van der Waals surface area contributed by atoms with Gasteiger partial charge < -0.3 is 14.2 Å². The van der Waals surface area contributed by atoms with Crippen LogP contribution in [-0.4, -0.2) is 35.2 Å². The Morgan fingerprint density at radius 3 is 2.46 bits per heavy atom. The number of rotatable bonds is 7. The van der Waals surface area contributed by atoms with Crippen LogP contribution in [0.25, 0.3) is 10.1 Å². The molecular weight excluding hydrogens is 402 g/mol. The van der Waals surface area contributed by atoms with Crippen LogP contribution in [0.2, 0.25) is 0 Å². The third-order valence-corrected chi connectivity index (χ3v) is 6.39. The number of nitrogens with one attached hydrogen (secondary N) is 1. The number of fused-ring (bicyclic) bond motifs is 1. The molecular formula is C19H19NO6S2. The Morgan fingerprint density at radius 1 is 1.04 bits per heavy atom. The number of thiophene rings is 1. The summed E-state index contributed by atoms with van der Waals surface area (Å²) in [4.78, 5) is 12.4. The molecule has 0 saturated carbocycles. The van der Waals surface area contributed by atoms with Crippen LogP contribution in [0.5, 0.6) is 11.5 Å². The van der Waals surface area contributed by atoms with Gasteiger partial charge in [-0.1, -0.05) is 0 Å². The van der Waals surface area contributed by atoms with Crippen molar-refractivity contribution in [3.63, 3.8) is 0 Å². The molecule has 0 spiro atoms. The first-order valence-corrected chi connectivity index (χ1v) is 10.6. The monoisotopic (exact) mass is 421 g/mol. The number of esters is 1. The second-order valence-corrected chi connectivity index (χ2v) is 8.47. The number of sulfonamides is 1. The first-order chi connectivity index (χ1) is 13.4. The van der Waals surface area contributed by atoms with Gasteiger partial charge in [-0.25, -0.2) is 13.2 Å². The van der Waals surface area contributed by atoms with Crippen LogP contribution in [0.3, 0.4) is 0 Å². The lowest BCUT2D eigenvalue weighted by Gasteiger charge is -2.11. The highest BCUT2D eigenvalue weighted by Gasteiger charge is 2.18. The summed E-state index contributed by atoms with van der Waals surface area (Å²) in [6, 6.07) is 11.1. The van der Waals surface area contributed by atoms with Crippen molar-refractivity contribution < 1.29 is 27.4 Å². The van der Waals surface area contributed by atoms with E-state index < -0.39 is 16.0 Å². The Bertz CT molecular complexity index is 1120. The van der Waals surface area contributed by atoms with Crippen LogP contribution in [0.15, 0.2) is 47.4 Å². The fourth-order valence-corrected chi connectivity index (χ4v) is 4.61. The van der Waals surface area contributed by atoms with Crippen LogP contribution < -0.4 is 14.2 Å². The standard InChI is InChI=1S/C19H19NO6S2/c1-4-26-19(21)18-10-12-9-13(5-8-17(12)27-18)20-28(22,23)14-6-7-15(24-2)16(11-14)25-3/h5-11,20H,4H2,1-3H3. The zero-order valence-corrected chi connectivity index (χ0v) is 17.1. The van der Waals surface area contributed by atoms with Gasteiger partial charge in [0.1, 0.15) is 4.88 Å². The Kier molecular flexibility index (Phi) is 5.76. The Labute approximate surface area is 166 Å². The van der Waals surface area contributed by atoms with Crippen molar-refractivity contribution in [1.29, 1.82) is 0 Å². The van der Waals surface area contributed by atoms with E-state index in [4.69, 9.17) is 14.2 Å². The molecule has 0 radical (unpaired) electrons. The van der Waals surface area contributed by atoms with Crippen molar-refractivity contribution in [3.05, 3.63) is 47.3 Å². The number of methoxy groups -OCH3 is 2. The topological polar surface area (TPSA) is 90.9 Å². The lowest BCUT2D eigenvalue weighted by molar-refractivity contribution is 0.0532. The Morgan fingerprint density at radius 2 is 1.79 bits per heavy atom. The number of anilines is 1. The second-order valence-electron chi connectivity index (χ2n) is 5.71. The summed E-state index contributed by atoms with van der Waals surface area (Å²) < 4.78 is 44.2. The van der Waals surface area contributed by atoms with E-state index in [1.807, 2.05) is 0 Å². The molecule has 0 aliphatic heterocycles. The molecule has 2 aromatic carbocycles. The fraction of sp³-hybridized carbons (Fsp3) is 0.211. The Hall–Kier alpha value is -2.78. The maximum atomic E-state index is 12.7. The van der Waals surface area contributed by atoms with E-state index in [2.05, 4.69) is 4.72 Å². The van der Waals surface area contributed by atoms with Crippen molar-refractivity contribution in [2.24, 2.45) is 0 Å². The lowest BCUT2D eigenvalue weighted by atomic mass is 10.2. The van der Waals surface area contributed by atoms with Gasteiger partial charge >= 0.3 is 5.97 Å². The molecule has 0 aliphatic carbocycles. The SMILES string of the molecule is CCOC(=O)c1cc2cc(NS(=O)(=O)c3ccc(OC)c(OC)c3)ccc2s1. The molecule has 148 valence electrons. The summed E-state index contributed by atoms with van der Waals surface area (Å²) in [5.74, 6) is 0.363. The van der Waals surface area contributed by atoms with Crippen LogP contribution in [0, 0.1) is 0 Å². The van der Waals surface area contributed by atoms with E-state index in [0.29, 0.717) is 28.7 Å². The van der Waals surface area contributed by atoms with Crippen LogP contribution in [-0.2, 0) is 14.8 Å². The minimum atomic E-state index is -3.83. The van der Waals surface area contributed by atoms with Crippen molar-refractivity contribution in [1.82, 2.24) is 0 Å². The number of carbonyl (C=O) groups excluding carboxylic acids is 1. The maximum absolute atomic E-state index is 12.7. The van der Waals surface area contributed by atoms with Gasteiger partial charge in [0.05, 0.1) is 25.7 Å². The molecule has 0 amide bonds. The first-order valence-electron chi connectivity index (χ1n) is 8.33. The van der Waals surface area contributed by atoms with E-state index in [1.165, 1.54) is 43.8 Å². The van der Waals surface area contributed by atoms with E-state index in [-0.39, 0.29) is 4.90 Å². The molecule has 0 saturated heterocycles. The zero-order chi connectivity index (χ0) is 20.3. The molecule has 1 N–H and O–H groups in total. The maximum Gasteiger partial charge on any atom is 0.348 e. The average Bonchev–Trinajstić information content (AvgIpc) is 3.10. The predicted octanol–water partition coefficient (Wildman–Crippen LogP) is 3.90. The highest BCUT2D eigenvalue weighted by atomic mass is 32.2. The van der Waals surface area contributed by atoms with Crippen LogP contribution >= 0.6 is 11.3 Å². The largest absolute Gasteiger partial charge is 0.493 e. The molecule has 3 aromatic rings. The number of hydrogen-bond donors (Lipinski definition) is 1. The second kappa shape index (κ2) is 8.07. The highest BCUT2D eigenvalue weighted by molar-refractivity contribution is 7.92. The normalized spacial score (nSPS) is 11.2. The molecule has 0 aliphatic rings. The van der Waals surface area contributed by atoms with E-state index in [1.54, 1.807) is 31.2 Å². The highest BCUT2D eigenvalue weighted by Crippen LogP contribution is 2.32. The van der Waals surface area contributed by atoms with E-state index in [9.17, 15) is 13.2 Å². The molecule has 0 fully saturated rings. The van der Waals surface area contributed by atoms with Gasteiger partial charge in [-0.2, -0.15) is 0 Å². The molecule has 3 rings (SSSR count). The molecule has 0 bridgehead atoms. The zero-order valence-electron chi connectivity index (χ0n) is 15.5. The lowest BCUT2D eigenvalue weighted by Crippen LogP contribution is -2.13. The molecule has 9 heteroatoms. The van der Waals surface area contributed by atoms with Gasteiger partial charge in [-0.05, 0) is 48.7 Å². The third-order valence-electron chi connectivity index (χ3n) is 3.91. The van der Waals surface area contributed by atoms with Crippen LogP contribution in [0.4, 0.5) is 5.69 Å². The van der Waals surface area contributed by atoms with Gasteiger partial charge in [0.2, 0.25) is 0 Å². The third kappa shape index (κ3) is 4.05. The first kappa shape index (κ1) is 20.0. The number of ether oxygens (including phenoxy) is 3. The van der Waals surface area contributed by atoms with Gasteiger partial charge in [0.15, 0.2) is 11.5 Å². The molecule has 0 unspecified atom stereocenters. The molecule has 1 heterocycles. The minimum absolute atomic E-state index is 0.0442. The van der Waals surface area contributed by atoms with Gasteiger partial charge in [-0.15, -0.1) is 11.3 Å². The number of carbonyl (C=O) groups is 1. The number of benzene rings is 2. The van der Waals surface area contributed by atoms with Crippen molar-refractivity contribution >= 4 is 43.1 Å². The van der Waals surface area contributed by atoms with Crippen molar-refractivity contribution in [2.75, 3.05) is 25.5 Å². The predicted molar refractivity (Wildman–Crippen MR) is 108 cm³/mol. The van der Waals surface area contributed by atoms with Gasteiger partial charge in [0, 0.05) is 16.5 Å². The Balaban J connectivity index is 1.89. The smallest absolute Gasteiger partial charge is 0.348 e. The summed E-state index contributed by atoms with van der Waals surface area (Å²) >= 11 is 1.30. The summed E-state index contributed by atoms with van der Waals surface area (Å²) in [5.41, 5.74) is 0.385. The molecule has 1 aromatic heterocycles. The average molecular weight is 421 g/mol. The summed E-state index contributed by atoms with van der Waals surface area (Å²) in [7, 11) is -0.917. The molecule has 0 atom stereocenters. The van der Waals surface area contributed by atoms with Crippen molar-refractivity contribution in [3.8, 4) is 11.5 Å². The fourth-order valence-electron chi connectivity index (χ4n) is 2.61. The molecule has 28 heavy (non-hydrogen) atoms. The van der Waals surface area contributed by atoms with Gasteiger partial charge in [0.25, 0.3) is 10.0 Å². The van der Waals surface area contributed by atoms with E-state index in [0.717, 1.165) is 10.1 Å². The minimum Gasteiger partial charge on any atom is -0.493 e. The van der Waals surface area contributed by atoms with Crippen LogP contribution in [0.1, 0.15) is 16.6 Å². The number of hydrogen-bond acceptors (Lipinski definition) is 7. The summed E-state index contributed by atoms with van der Waals surface area (Å²) in [6.07, 6.45) is 0. The van der Waals surface area contributed by atoms with Gasteiger partial charge in [-0.3, -0.25) is 4.72 Å². The summed E-state index contributed by atoms with van der Waals surface area (Å²) in [5, 5.41) is 0.751. The quantitative estimate of drug-likeness (QED) is 0.582. The van der Waals surface area contributed by atoms with E-state index >= 15 is 0 Å². The summed E-state index contributed by atoms with van der Waals surface area (Å²) in [6.45, 7) is 2.04.